The minimum Gasteiger partial charge on any atom is -0.477 e. The number of carboxylic acids is 1. The van der Waals surface area contributed by atoms with Gasteiger partial charge in [0.15, 0.2) is 5.56 Å². The van der Waals surface area contributed by atoms with Crippen LogP contribution in [-0.4, -0.2) is 11.1 Å². The molecule has 0 fully saturated rings. The normalized spacial score (nSPS) is 10.8. The minimum absolute atomic E-state index is 0.00843. The molecule has 5 nitrogen and oxygen atoms in total. The number of fused-ring (bicyclic) bond motifs is 1. The molecule has 0 atom stereocenters. The first-order chi connectivity index (χ1) is 9.01. The fourth-order valence-electron chi connectivity index (χ4n) is 2.37. The molecule has 5 heteroatoms. The summed E-state index contributed by atoms with van der Waals surface area (Å²) in [5.74, 6) is -1.36. The van der Waals surface area contributed by atoms with Crippen molar-refractivity contribution in [3.8, 4) is 0 Å². The molecule has 0 spiro atoms. The van der Waals surface area contributed by atoms with Crippen LogP contribution >= 0.6 is 0 Å². The Labute approximate surface area is 109 Å². The molecule has 0 bridgehead atoms. The van der Waals surface area contributed by atoms with Gasteiger partial charge in [-0.2, -0.15) is 0 Å². The van der Waals surface area contributed by atoms with Gasteiger partial charge in [0.25, 0.3) is 0 Å². The van der Waals surface area contributed by atoms with Crippen molar-refractivity contribution in [2.24, 2.45) is 0 Å². The Kier molecular flexibility index (Phi) is 3.29. The van der Waals surface area contributed by atoms with Gasteiger partial charge in [0.2, 0.25) is 0 Å². The van der Waals surface area contributed by atoms with Crippen molar-refractivity contribution < 1.29 is 14.3 Å². The first kappa shape index (κ1) is 13.1. The molecule has 3 N–H and O–H groups in total. The lowest BCUT2D eigenvalue weighted by molar-refractivity contribution is 0.0694. The average molecular weight is 261 g/mol. The number of aromatic carboxylic acids is 1. The Morgan fingerprint density at radius 1 is 1.32 bits per heavy atom. The largest absolute Gasteiger partial charge is 0.477 e. The molecule has 0 aliphatic rings. The Morgan fingerprint density at radius 2 is 2.00 bits per heavy atom. The number of aryl methyl sites for hydroxylation is 2. The van der Waals surface area contributed by atoms with E-state index in [1.807, 2.05) is 19.9 Å². The van der Waals surface area contributed by atoms with E-state index < -0.39 is 17.2 Å². The van der Waals surface area contributed by atoms with E-state index in [1.165, 1.54) is 0 Å². The molecule has 1 aromatic carbocycles. The van der Waals surface area contributed by atoms with E-state index in [4.69, 9.17) is 15.3 Å². The molecule has 2 aromatic rings. The number of carboxylic acid groups (broad SMARTS) is 1. The Hall–Kier alpha value is -2.30. The molecule has 2 rings (SSSR count). The average Bonchev–Trinajstić information content (AvgIpc) is 2.36. The maximum absolute atomic E-state index is 11.6. The molecule has 0 unspecified atom stereocenters. The van der Waals surface area contributed by atoms with Crippen LogP contribution in [0.2, 0.25) is 0 Å². The smallest absolute Gasteiger partial charge is 0.353 e. The number of nitrogens with two attached hydrogens (primary N) is 1. The van der Waals surface area contributed by atoms with Crippen molar-refractivity contribution >= 4 is 22.6 Å². The van der Waals surface area contributed by atoms with Gasteiger partial charge < -0.3 is 15.3 Å². The highest BCUT2D eigenvalue weighted by molar-refractivity contribution is 6.03. The zero-order valence-corrected chi connectivity index (χ0v) is 10.8. The topological polar surface area (TPSA) is 93.5 Å². The molecule has 19 heavy (non-hydrogen) atoms. The zero-order valence-electron chi connectivity index (χ0n) is 10.8. The van der Waals surface area contributed by atoms with Crippen LogP contribution in [0, 0.1) is 0 Å². The third-order valence-electron chi connectivity index (χ3n) is 3.27. The number of nitrogen functional groups attached to an aromatic ring is 1. The second-order valence-corrected chi connectivity index (χ2v) is 4.27. The SMILES string of the molecule is CCc1ccc2oc(=O)c(C(=O)O)c(N)c2c1CC. The molecule has 0 saturated heterocycles. The van der Waals surface area contributed by atoms with Crippen LogP contribution in [0.1, 0.15) is 35.3 Å². The van der Waals surface area contributed by atoms with Gasteiger partial charge in [-0.15, -0.1) is 0 Å². The Balaban J connectivity index is 3.00. The summed E-state index contributed by atoms with van der Waals surface area (Å²) < 4.78 is 5.06. The van der Waals surface area contributed by atoms with Gasteiger partial charge in [-0.05, 0) is 30.0 Å². The molecule has 0 radical (unpaired) electrons. The fraction of sp³-hybridized carbons (Fsp3) is 0.286. The number of hydrogen-bond acceptors (Lipinski definition) is 4. The number of benzene rings is 1. The highest BCUT2D eigenvalue weighted by atomic mass is 16.4. The summed E-state index contributed by atoms with van der Waals surface area (Å²) in [7, 11) is 0. The van der Waals surface area contributed by atoms with Crippen LogP contribution in [0.5, 0.6) is 0 Å². The number of rotatable bonds is 3. The third kappa shape index (κ3) is 1.97. The lowest BCUT2D eigenvalue weighted by atomic mass is 9.96. The van der Waals surface area contributed by atoms with Gasteiger partial charge in [0, 0.05) is 5.39 Å². The van der Waals surface area contributed by atoms with E-state index in [0.29, 0.717) is 17.4 Å². The van der Waals surface area contributed by atoms with Crippen LogP contribution in [0.15, 0.2) is 21.3 Å². The summed E-state index contributed by atoms with van der Waals surface area (Å²) in [5.41, 5.74) is 6.81. The van der Waals surface area contributed by atoms with Crippen LogP contribution in [0.25, 0.3) is 11.0 Å². The van der Waals surface area contributed by atoms with Gasteiger partial charge in [0.05, 0.1) is 5.69 Å². The van der Waals surface area contributed by atoms with E-state index in [2.05, 4.69) is 0 Å². The molecule has 0 aliphatic carbocycles. The molecule has 1 aromatic heterocycles. The van der Waals surface area contributed by atoms with Crippen molar-refractivity contribution in [1.29, 1.82) is 0 Å². The Morgan fingerprint density at radius 3 is 2.53 bits per heavy atom. The van der Waals surface area contributed by atoms with Crippen molar-refractivity contribution in [2.75, 3.05) is 5.73 Å². The molecule has 1 heterocycles. The second-order valence-electron chi connectivity index (χ2n) is 4.27. The van der Waals surface area contributed by atoms with Crippen LogP contribution in [0.3, 0.4) is 0 Å². The molecule has 0 saturated carbocycles. The van der Waals surface area contributed by atoms with Crippen LogP contribution < -0.4 is 11.4 Å². The van der Waals surface area contributed by atoms with Gasteiger partial charge in [0.1, 0.15) is 5.58 Å². The zero-order chi connectivity index (χ0) is 14.2. The maximum Gasteiger partial charge on any atom is 0.353 e. The predicted molar refractivity (Wildman–Crippen MR) is 72.6 cm³/mol. The second kappa shape index (κ2) is 4.76. The highest BCUT2D eigenvalue weighted by Crippen LogP contribution is 2.29. The number of anilines is 1. The summed E-state index contributed by atoms with van der Waals surface area (Å²) >= 11 is 0. The first-order valence-corrected chi connectivity index (χ1v) is 6.11. The van der Waals surface area contributed by atoms with E-state index in [9.17, 15) is 9.59 Å². The summed E-state index contributed by atoms with van der Waals surface area (Å²) in [4.78, 5) is 22.7. The van der Waals surface area contributed by atoms with Gasteiger partial charge >= 0.3 is 11.6 Å². The standard InChI is InChI=1S/C14H15NO4/c1-3-7-5-6-9-10(8(7)4-2)12(15)11(13(16)17)14(18)19-9/h5-6H,3-4,15H2,1-2H3,(H,16,17). The van der Waals surface area contributed by atoms with E-state index in [-0.39, 0.29) is 5.69 Å². The predicted octanol–water partition coefficient (Wildman–Crippen LogP) is 2.20. The van der Waals surface area contributed by atoms with Gasteiger partial charge in [-0.3, -0.25) is 0 Å². The number of carbonyl (C=O) groups is 1. The maximum atomic E-state index is 11.6. The quantitative estimate of drug-likeness (QED) is 0.826. The molecular weight excluding hydrogens is 246 g/mol. The van der Waals surface area contributed by atoms with Gasteiger partial charge in [-0.25, -0.2) is 9.59 Å². The highest BCUT2D eigenvalue weighted by Gasteiger charge is 2.20. The van der Waals surface area contributed by atoms with E-state index >= 15 is 0 Å². The minimum atomic E-state index is -1.36. The summed E-state index contributed by atoms with van der Waals surface area (Å²) in [6.07, 6.45) is 1.50. The van der Waals surface area contributed by atoms with Crippen LogP contribution in [-0.2, 0) is 12.8 Å². The fourth-order valence-corrected chi connectivity index (χ4v) is 2.37. The monoisotopic (exact) mass is 261 g/mol. The van der Waals surface area contributed by atoms with Crippen LogP contribution in [0.4, 0.5) is 5.69 Å². The summed E-state index contributed by atoms with van der Waals surface area (Å²) in [5, 5.41) is 9.60. The third-order valence-corrected chi connectivity index (χ3v) is 3.27. The lowest BCUT2D eigenvalue weighted by Crippen LogP contribution is -2.17. The van der Waals surface area contributed by atoms with E-state index in [1.54, 1.807) is 6.07 Å². The van der Waals surface area contributed by atoms with Crippen molar-refractivity contribution in [3.05, 3.63) is 39.2 Å². The molecular formula is C14H15NO4. The van der Waals surface area contributed by atoms with Crippen molar-refractivity contribution in [2.45, 2.75) is 26.7 Å². The van der Waals surface area contributed by atoms with E-state index in [0.717, 1.165) is 17.5 Å². The van der Waals surface area contributed by atoms with Crippen molar-refractivity contribution in [3.63, 3.8) is 0 Å². The lowest BCUT2D eigenvalue weighted by Gasteiger charge is -2.12. The Bertz CT molecular complexity index is 715. The van der Waals surface area contributed by atoms with Gasteiger partial charge in [-0.1, -0.05) is 19.9 Å². The first-order valence-electron chi connectivity index (χ1n) is 6.11. The molecule has 0 amide bonds. The summed E-state index contributed by atoms with van der Waals surface area (Å²) in [6.45, 7) is 3.96. The molecule has 100 valence electrons. The summed E-state index contributed by atoms with van der Waals surface area (Å²) in [6, 6.07) is 3.54. The molecule has 0 aliphatic heterocycles. The van der Waals surface area contributed by atoms with Crippen molar-refractivity contribution in [1.82, 2.24) is 0 Å². The number of hydrogen-bond donors (Lipinski definition) is 2.